The van der Waals surface area contributed by atoms with Crippen molar-refractivity contribution in [2.24, 2.45) is 0 Å². The molecule has 0 saturated heterocycles. The van der Waals surface area contributed by atoms with Crippen molar-refractivity contribution in [3.8, 4) is 28.7 Å². The molecule has 28 heavy (non-hydrogen) atoms. The lowest BCUT2D eigenvalue weighted by molar-refractivity contribution is 0.0844. The topological polar surface area (TPSA) is 108 Å². The fourth-order valence-electron chi connectivity index (χ4n) is 3.12. The van der Waals surface area contributed by atoms with Crippen molar-refractivity contribution in [2.45, 2.75) is 45.4 Å². The van der Waals surface area contributed by atoms with E-state index in [9.17, 15) is 20.1 Å². The highest BCUT2D eigenvalue weighted by Gasteiger charge is 2.33. The number of fused-ring (bicyclic) bond motifs is 1. The van der Waals surface area contributed by atoms with E-state index in [0.29, 0.717) is 11.3 Å². The zero-order valence-corrected chi connectivity index (χ0v) is 16.4. The van der Waals surface area contributed by atoms with E-state index in [1.54, 1.807) is 12.1 Å². The van der Waals surface area contributed by atoms with Crippen molar-refractivity contribution in [3.63, 3.8) is 0 Å². The Bertz CT molecular complexity index is 916. The number of rotatable bonds is 4. The minimum absolute atomic E-state index is 0.00322. The molecule has 1 heterocycles. The molecule has 2 aromatic carbocycles. The molecule has 7 heteroatoms. The molecule has 2 aromatic rings. The second-order valence-electron chi connectivity index (χ2n) is 7.86. The lowest BCUT2D eigenvalue weighted by Gasteiger charge is -2.28. The fraction of sp³-hybridized carbons (Fsp3) is 0.381. The highest BCUT2D eigenvalue weighted by atomic mass is 16.5. The van der Waals surface area contributed by atoms with Crippen LogP contribution in [0, 0.1) is 0 Å². The van der Waals surface area contributed by atoms with Gasteiger partial charge in [-0.25, -0.2) is 0 Å². The van der Waals surface area contributed by atoms with Crippen molar-refractivity contribution < 1.29 is 29.6 Å². The van der Waals surface area contributed by atoms with Crippen molar-refractivity contribution in [3.05, 3.63) is 41.0 Å². The van der Waals surface area contributed by atoms with Gasteiger partial charge in [-0.2, -0.15) is 0 Å². The van der Waals surface area contributed by atoms with Gasteiger partial charge in [-0.1, -0.05) is 6.07 Å². The van der Waals surface area contributed by atoms with Crippen LogP contribution in [0.15, 0.2) is 24.3 Å². The number of phenolic OH excluding ortho intramolecular Hbond substituents is 3. The lowest BCUT2D eigenvalue weighted by Crippen LogP contribution is -2.35. The fourth-order valence-corrected chi connectivity index (χ4v) is 3.12. The first-order valence-corrected chi connectivity index (χ1v) is 9.00. The van der Waals surface area contributed by atoms with Crippen molar-refractivity contribution >= 4 is 5.78 Å². The summed E-state index contributed by atoms with van der Waals surface area (Å²) < 4.78 is 10.9. The summed E-state index contributed by atoms with van der Waals surface area (Å²) in [4.78, 5) is 12.7. The van der Waals surface area contributed by atoms with Gasteiger partial charge in [0.25, 0.3) is 0 Å². The number of ether oxygens (including phenoxy) is 2. The number of carbonyl (C=O) groups is 1. The molecule has 0 amide bonds. The standard InChI is InChI=1S/C21H25NO6/c1-21(2,3)22-10-12-13(23)8-18-19(20(12)26)15(25)9-17(28-18)11-5-6-16(27-4)14(24)7-11/h5-8,17,22-24,26H,9-10H2,1-4H3/t17-/m0/s1. The van der Waals surface area contributed by atoms with Gasteiger partial charge in [-0.3, -0.25) is 4.79 Å². The molecule has 0 aliphatic carbocycles. The largest absolute Gasteiger partial charge is 0.507 e. The molecule has 0 fully saturated rings. The molecule has 3 rings (SSSR count). The van der Waals surface area contributed by atoms with Crippen LogP contribution in [-0.2, 0) is 6.54 Å². The second kappa shape index (κ2) is 7.24. The number of carbonyl (C=O) groups excluding carboxylic acids is 1. The summed E-state index contributed by atoms with van der Waals surface area (Å²) in [6.45, 7) is 6.09. The summed E-state index contributed by atoms with van der Waals surface area (Å²) in [7, 11) is 1.45. The predicted molar refractivity (Wildman–Crippen MR) is 103 cm³/mol. The number of aromatic hydroxyl groups is 3. The van der Waals surface area contributed by atoms with Crippen molar-refractivity contribution in [1.82, 2.24) is 5.32 Å². The molecule has 150 valence electrons. The Labute approximate surface area is 163 Å². The quantitative estimate of drug-likeness (QED) is 0.637. The minimum atomic E-state index is -0.644. The molecule has 0 saturated carbocycles. The first-order valence-electron chi connectivity index (χ1n) is 9.00. The van der Waals surface area contributed by atoms with Crippen LogP contribution >= 0.6 is 0 Å². The molecule has 1 aliphatic heterocycles. The van der Waals surface area contributed by atoms with Crippen LogP contribution in [0.25, 0.3) is 0 Å². The average molecular weight is 387 g/mol. The number of ketones is 1. The van der Waals surface area contributed by atoms with Crippen LogP contribution in [0.3, 0.4) is 0 Å². The van der Waals surface area contributed by atoms with Gasteiger partial charge in [0, 0.05) is 18.2 Å². The number of Topliss-reactive ketones (excluding diaryl/α,β-unsaturated/α-hetero) is 1. The summed E-state index contributed by atoms with van der Waals surface area (Å²) >= 11 is 0. The number of hydrogen-bond donors (Lipinski definition) is 4. The van der Waals surface area contributed by atoms with E-state index >= 15 is 0 Å². The number of hydrogen-bond acceptors (Lipinski definition) is 7. The molecular formula is C21H25NO6. The van der Waals surface area contributed by atoms with E-state index in [2.05, 4.69) is 5.32 Å². The van der Waals surface area contributed by atoms with Crippen LogP contribution in [0.2, 0.25) is 0 Å². The number of nitrogens with one attached hydrogen (secondary N) is 1. The Kier molecular flexibility index (Phi) is 5.12. The summed E-state index contributed by atoms with van der Waals surface area (Å²) in [6.07, 6.45) is -0.641. The maximum absolute atomic E-state index is 12.7. The molecule has 0 spiro atoms. The molecule has 1 aliphatic rings. The van der Waals surface area contributed by atoms with Crippen LogP contribution in [0.1, 0.15) is 54.8 Å². The third kappa shape index (κ3) is 3.84. The lowest BCUT2D eigenvalue weighted by atomic mass is 9.93. The monoisotopic (exact) mass is 387 g/mol. The Hall–Kier alpha value is -2.93. The maximum atomic E-state index is 12.7. The molecule has 4 N–H and O–H groups in total. The van der Waals surface area contributed by atoms with Gasteiger partial charge < -0.3 is 30.1 Å². The highest BCUT2D eigenvalue weighted by Crippen LogP contribution is 2.45. The first kappa shape index (κ1) is 19.8. The van der Waals surface area contributed by atoms with Gasteiger partial charge in [0.15, 0.2) is 17.3 Å². The Morgan fingerprint density at radius 1 is 1.18 bits per heavy atom. The predicted octanol–water partition coefficient (Wildman–Crippen LogP) is 3.41. The molecule has 1 atom stereocenters. The Morgan fingerprint density at radius 3 is 2.50 bits per heavy atom. The Morgan fingerprint density at radius 2 is 1.89 bits per heavy atom. The zero-order valence-electron chi connectivity index (χ0n) is 16.4. The SMILES string of the molecule is COc1ccc([C@@H]2CC(=O)c3c(cc(O)c(CNC(C)(C)C)c3O)O2)cc1O. The van der Waals surface area contributed by atoms with Gasteiger partial charge in [0.2, 0.25) is 0 Å². The van der Waals surface area contributed by atoms with Gasteiger partial charge in [0.05, 0.1) is 19.1 Å². The van der Waals surface area contributed by atoms with E-state index in [0.717, 1.165) is 0 Å². The summed E-state index contributed by atoms with van der Waals surface area (Å²) in [5.74, 6) is -0.345. The molecule has 0 unspecified atom stereocenters. The number of methoxy groups -OCH3 is 1. The molecular weight excluding hydrogens is 362 g/mol. The van der Waals surface area contributed by atoms with Gasteiger partial charge in [-0.05, 0) is 38.5 Å². The first-order chi connectivity index (χ1) is 13.1. The molecule has 0 radical (unpaired) electrons. The van der Waals surface area contributed by atoms with Crippen LogP contribution < -0.4 is 14.8 Å². The maximum Gasteiger partial charge on any atom is 0.174 e. The summed E-state index contributed by atoms with van der Waals surface area (Å²) in [6, 6.07) is 6.11. The van der Waals surface area contributed by atoms with E-state index in [4.69, 9.17) is 9.47 Å². The van der Waals surface area contributed by atoms with Crippen LogP contribution in [0.5, 0.6) is 28.7 Å². The normalized spacial score (nSPS) is 16.4. The minimum Gasteiger partial charge on any atom is -0.507 e. The smallest absolute Gasteiger partial charge is 0.174 e. The van der Waals surface area contributed by atoms with Crippen LogP contribution in [-0.4, -0.2) is 33.8 Å². The third-order valence-corrected chi connectivity index (χ3v) is 4.64. The summed E-state index contributed by atoms with van der Waals surface area (Å²) in [5, 5.41) is 34.1. The van der Waals surface area contributed by atoms with Gasteiger partial charge in [0.1, 0.15) is 28.9 Å². The molecule has 7 nitrogen and oxygen atoms in total. The third-order valence-electron chi connectivity index (χ3n) is 4.64. The van der Waals surface area contributed by atoms with Crippen LogP contribution in [0.4, 0.5) is 0 Å². The molecule has 0 aromatic heterocycles. The van der Waals surface area contributed by atoms with E-state index in [1.165, 1.54) is 19.2 Å². The summed E-state index contributed by atoms with van der Waals surface area (Å²) in [5.41, 5.74) is 0.690. The van der Waals surface area contributed by atoms with Gasteiger partial charge >= 0.3 is 0 Å². The molecule has 0 bridgehead atoms. The van der Waals surface area contributed by atoms with Crippen molar-refractivity contribution in [2.75, 3.05) is 7.11 Å². The number of phenols is 3. The Balaban J connectivity index is 1.93. The highest BCUT2D eigenvalue weighted by molar-refractivity contribution is 6.03. The van der Waals surface area contributed by atoms with E-state index < -0.39 is 6.10 Å². The van der Waals surface area contributed by atoms with Gasteiger partial charge in [-0.15, -0.1) is 0 Å². The van der Waals surface area contributed by atoms with Crippen molar-refractivity contribution in [1.29, 1.82) is 0 Å². The number of benzene rings is 2. The van der Waals surface area contributed by atoms with E-state index in [1.807, 2.05) is 20.8 Å². The average Bonchev–Trinajstić information content (AvgIpc) is 2.59. The zero-order chi connectivity index (χ0) is 20.6. The second-order valence-corrected chi connectivity index (χ2v) is 7.86. The van der Waals surface area contributed by atoms with E-state index in [-0.39, 0.29) is 58.4 Å².